The van der Waals surface area contributed by atoms with Gasteiger partial charge in [0.25, 0.3) is 0 Å². The molecule has 4 aliphatic rings. The van der Waals surface area contributed by atoms with E-state index >= 15 is 0 Å². The van der Waals surface area contributed by atoms with Gasteiger partial charge < -0.3 is 24.4 Å². The molecule has 1 amide bonds. The van der Waals surface area contributed by atoms with E-state index in [0.29, 0.717) is 43.9 Å². The van der Waals surface area contributed by atoms with Crippen molar-refractivity contribution in [3.05, 3.63) is 93.6 Å². The zero-order valence-corrected chi connectivity index (χ0v) is 25.5. The summed E-state index contributed by atoms with van der Waals surface area (Å²) in [5, 5.41) is 12.3. The topological polar surface area (TPSA) is 130 Å². The van der Waals surface area contributed by atoms with Crippen LogP contribution in [-0.2, 0) is 53.4 Å². The molecular formula is C33H34N6O6. The van der Waals surface area contributed by atoms with Crippen LogP contribution in [0.1, 0.15) is 75.1 Å². The lowest BCUT2D eigenvalue weighted by Gasteiger charge is -2.30. The second-order valence-corrected chi connectivity index (χ2v) is 12.5. The molecule has 0 saturated heterocycles. The molecule has 2 aromatic carbocycles. The number of hydrogen-bond donors (Lipinski definition) is 1. The number of aromatic nitrogens is 4. The highest BCUT2D eigenvalue weighted by atomic mass is 16.6. The van der Waals surface area contributed by atoms with Crippen molar-refractivity contribution in [3.63, 3.8) is 0 Å². The number of carbonyl (C=O) groups excluding carboxylic acids is 3. The summed E-state index contributed by atoms with van der Waals surface area (Å²) in [7, 11) is 0. The van der Waals surface area contributed by atoms with E-state index < -0.39 is 5.60 Å². The van der Waals surface area contributed by atoms with Crippen LogP contribution in [0.15, 0.2) is 48.8 Å². The molecule has 0 unspecified atom stereocenters. The van der Waals surface area contributed by atoms with Gasteiger partial charge in [0.2, 0.25) is 0 Å². The normalized spacial score (nSPS) is 16.5. The molecule has 0 atom stereocenters. The maximum absolute atomic E-state index is 12.3. The molecule has 6 heterocycles. The lowest BCUT2D eigenvalue weighted by molar-refractivity contribution is 0.0222. The van der Waals surface area contributed by atoms with Gasteiger partial charge in [-0.25, -0.2) is 23.7 Å². The van der Waals surface area contributed by atoms with E-state index in [0.717, 1.165) is 53.3 Å². The van der Waals surface area contributed by atoms with Gasteiger partial charge >= 0.3 is 18.0 Å². The molecule has 0 bridgehead atoms. The third-order valence-electron chi connectivity index (χ3n) is 8.22. The van der Waals surface area contributed by atoms with Gasteiger partial charge in [0.1, 0.15) is 18.8 Å². The molecule has 0 fully saturated rings. The second kappa shape index (κ2) is 11.2. The van der Waals surface area contributed by atoms with Crippen LogP contribution in [-0.4, -0.2) is 61.2 Å². The Bertz CT molecular complexity index is 1830. The van der Waals surface area contributed by atoms with Gasteiger partial charge in [-0.3, -0.25) is 0 Å². The van der Waals surface area contributed by atoms with Gasteiger partial charge in [0, 0.05) is 60.4 Å². The Kier molecular flexibility index (Phi) is 7.16. The van der Waals surface area contributed by atoms with Gasteiger partial charge in [-0.15, -0.1) is 0 Å². The Morgan fingerprint density at radius 2 is 1.40 bits per heavy atom. The van der Waals surface area contributed by atoms with Crippen LogP contribution in [0.3, 0.4) is 0 Å². The maximum atomic E-state index is 12.3. The molecule has 4 aromatic rings. The molecule has 0 aliphatic carbocycles. The highest BCUT2D eigenvalue weighted by Crippen LogP contribution is 2.28. The number of hydrogen-bond acceptors (Lipinski definition) is 9. The monoisotopic (exact) mass is 610 g/mol. The van der Waals surface area contributed by atoms with Crippen LogP contribution in [0.5, 0.6) is 0 Å². The third kappa shape index (κ3) is 5.57. The Morgan fingerprint density at radius 1 is 0.822 bits per heavy atom. The molecular weight excluding hydrogens is 576 g/mol. The minimum atomic E-state index is -0.508. The molecule has 0 saturated carbocycles. The fraction of sp³-hybridized carbons (Fsp3) is 0.364. The van der Waals surface area contributed by atoms with E-state index in [1.807, 2.05) is 66.7 Å². The highest BCUT2D eigenvalue weighted by Gasteiger charge is 2.29. The quantitative estimate of drug-likeness (QED) is 0.264. The van der Waals surface area contributed by atoms with Crippen LogP contribution in [0, 0.1) is 0 Å². The zero-order chi connectivity index (χ0) is 31.3. The molecule has 8 rings (SSSR count). The Morgan fingerprint density at radius 3 is 2.00 bits per heavy atom. The first-order valence-electron chi connectivity index (χ1n) is 15.1. The minimum Gasteiger partial charge on any atom is -0.457 e. The van der Waals surface area contributed by atoms with Gasteiger partial charge in [-0.2, -0.15) is 10.2 Å². The molecule has 0 spiro atoms. The number of rotatable bonds is 2. The molecule has 232 valence electrons. The van der Waals surface area contributed by atoms with E-state index in [-0.39, 0.29) is 18.0 Å². The molecule has 4 aliphatic heterocycles. The fourth-order valence-corrected chi connectivity index (χ4v) is 6.01. The van der Waals surface area contributed by atoms with Crippen LogP contribution >= 0.6 is 0 Å². The fourth-order valence-electron chi connectivity index (χ4n) is 6.01. The molecule has 12 nitrogen and oxygen atoms in total. The number of cyclic esters (lactones) is 2. The van der Waals surface area contributed by atoms with E-state index in [2.05, 4.69) is 15.5 Å². The number of nitrogens with one attached hydrogen (secondary N) is 1. The summed E-state index contributed by atoms with van der Waals surface area (Å²) in [6.45, 7) is 9.18. The average molecular weight is 611 g/mol. The highest BCUT2D eigenvalue weighted by molar-refractivity contribution is 5.94. The Hall–Kier alpha value is -4.97. The van der Waals surface area contributed by atoms with Gasteiger partial charge in [-0.05, 0) is 57.2 Å². The second-order valence-electron chi connectivity index (χ2n) is 12.5. The molecule has 1 N–H and O–H groups in total. The van der Waals surface area contributed by atoms with E-state index in [9.17, 15) is 14.4 Å². The number of esters is 2. The number of nitrogens with zero attached hydrogens (tertiary/aromatic N) is 5. The Labute approximate surface area is 259 Å². The summed E-state index contributed by atoms with van der Waals surface area (Å²) in [5.74, 6) is -0.504. The maximum Gasteiger partial charge on any atom is 0.410 e. The van der Waals surface area contributed by atoms with Crippen molar-refractivity contribution in [2.45, 2.75) is 65.5 Å². The predicted molar refractivity (Wildman–Crippen MR) is 161 cm³/mol. The predicted octanol–water partition coefficient (Wildman–Crippen LogP) is 4.02. The molecule has 12 heteroatoms. The standard InChI is InChI=1S/C19H21N3O4.C14H13N3O2/c1-19(2,3)26-18(24)21-7-6-16-13(10-21)9-20-22(16)14-4-5-15-12(8-14)11-25-17(15)23;18-14-12-2-1-11(5-9(12)8-19-14)17-13-3-4-15-6-10(13)7-16-17/h4-5,8-9H,6-7,10-11H2,1-3H3;1-2,5,7,15H,3-4,6,8H2. The van der Waals surface area contributed by atoms with Crippen molar-refractivity contribution in [2.24, 2.45) is 0 Å². The number of benzene rings is 2. The zero-order valence-electron chi connectivity index (χ0n) is 25.5. The third-order valence-corrected chi connectivity index (χ3v) is 8.22. The molecule has 0 radical (unpaired) electrons. The van der Waals surface area contributed by atoms with Crippen molar-refractivity contribution in [3.8, 4) is 11.4 Å². The lowest BCUT2D eigenvalue weighted by Crippen LogP contribution is -2.40. The first-order valence-corrected chi connectivity index (χ1v) is 15.1. The summed E-state index contributed by atoms with van der Waals surface area (Å²) in [4.78, 5) is 37.0. The van der Waals surface area contributed by atoms with Crippen LogP contribution in [0.2, 0.25) is 0 Å². The van der Waals surface area contributed by atoms with Gasteiger partial charge in [-0.1, -0.05) is 0 Å². The SMILES string of the molecule is CC(C)(C)OC(=O)N1CCc2c(cnn2-c2ccc3c(c2)COC3=O)C1.O=C1OCc2cc(-n3ncc4c3CCNC4)ccc21. The summed E-state index contributed by atoms with van der Waals surface area (Å²) in [6.07, 6.45) is 5.07. The Balaban J connectivity index is 0.000000151. The van der Waals surface area contributed by atoms with Crippen LogP contribution in [0.4, 0.5) is 4.79 Å². The number of fused-ring (bicyclic) bond motifs is 4. The number of amides is 1. The number of carbonyl (C=O) groups is 3. The van der Waals surface area contributed by atoms with Gasteiger partial charge in [0.05, 0.1) is 47.1 Å². The average Bonchev–Trinajstić information content (AvgIpc) is 3.81. The lowest BCUT2D eigenvalue weighted by atomic mass is 10.1. The molecule has 2 aromatic heterocycles. The van der Waals surface area contributed by atoms with Crippen LogP contribution < -0.4 is 5.32 Å². The summed E-state index contributed by atoms with van der Waals surface area (Å²) in [5.41, 5.74) is 9.09. The largest absolute Gasteiger partial charge is 0.457 e. The van der Waals surface area contributed by atoms with Crippen molar-refractivity contribution in [2.75, 3.05) is 13.1 Å². The molecule has 45 heavy (non-hydrogen) atoms. The van der Waals surface area contributed by atoms with Gasteiger partial charge in [0.15, 0.2) is 0 Å². The first-order chi connectivity index (χ1) is 21.6. The summed E-state index contributed by atoms with van der Waals surface area (Å²) >= 11 is 0. The smallest absolute Gasteiger partial charge is 0.410 e. The van der Waals surface area contributed by atoms with Crippen LogP contribution in [0.25, 0.3) is 11.4 Å². The van der Waals surface area contributed by atoms with E-state index in [1.54, 1.807) is 17.2 Å². The summed E-state index contributed by atoms with van der Waals surface area (Å²) < 4.78 is 19.4. The van der Waals surface area contributed by atoms with Crippen molar-refractivity contribution >= 4 is 18.0 Å². The van der Waals surface area contributed by atoms with Crippen molar-refractivity contribution < 1.29 is 28.6 Å². The summed E-state index contributed by atoms with van der Waals surface area (Å²) in [6, 6.07) is 11.3. The van der Waals surface area contributed by atoms with Crippen molar-refractivity contribution in [1.82, 2.24) is 29.8 Å². The first kappa shape index (κ1) is 28.8. The van der Waals surface area contributed by atoms with E-state index in [4.69, 9.17) is 14.2 Å². The van der Waals surface area contributed by atoms with Crippen molar-refractivity contribution in [1.29, 1.82) is 0 Å². The minimum absolute atomic E-state index is 0.228. The van der Waals surface area contributed by atoms with E-state index in [1.165, 1.54) is 11.3 Å². The number of ether oxygens (including phenoxy) is 3.